The number of carbonyl (C=O) groups excluding carboxylic acids is 1. The van der Waals surface area contributed by atoms with Crippen LogP contribution in [-0.2, 0) is 5.41 Å². The van der Waals surface area contributed by atoms with Crippen molar-refractivity contribution in [2.45, 2.75) is 40.0 Å². The second-order valence-electron chi connectivity index (χ2n) is 5.79. The van der Waals surface area contributed by atoms with Crippen molar-refractivity contribution in [3.63, 3.8) is 0 Å². The molecule has 0 radical (unpaired) electrons. The van der Waals surface area contributed by atoms with Crippen LogP contribution in [0.3, 0.4) is 0 Å². The Kier molecular flexibility index (Phi) is 2.61. The summed E-state index contributed by atoms with van der Waals surface area (Å²) in [6.07, 6.45) is 0.971. The summed E-state index contributed by atoms with van der Waals surface area (Å²) in [7, 11) is 0. The van der Waals surface area contributed by atoms with Crippen LogP contribution in [0.1, 0.15) is 48.0 Å². The number of aryl methyl sites for hydroxylation is 2. The summed E-state index contributed by atoms with van der Waals surface area (Å²) < 4.78 is 0. The number of benzene rings is 1. The minimum absolute atomic E-state index is 0.0460. The van der Waals surface area contributed by atoms with Gasteiger partial charge in [0.1, 0.15) is 0 Å². The molecule has 0 saturated heterocycles. The van der Waals surface area contributed by atoms with Gasteiger partial charge in [-0.2, -0.15) is 0 Å². The molecular weight excluding hydrogens is 210 g/mol. The summed E-state index contributed by atoms with van der Waals surface area (Å²) in [6.45, 7) is 10.5. The predicted octanol–water partition coefficient (Wildman–Crippen LogP) is 3.89. The minimum Gasteiger partial charge on any atom is -0.357 e. The van der Waals surface area contributed by atoms with E-state index < -0.39 is 0 Å². The maximum Gasteiger partial charge on any atom is 0.152 e. The summed E-state index contributed by atoms with van der Waals surface area (Å²) in [6, 6.07) is 4.22. The lowest BCUT2D eigenvalue weighted by Crippen LogP contribution is -2.13. The Balaban J connectivity index is 2.90. The molecule has 0 saturated carbocycles. The Hall–Kier alpha value is -1.57. The van der Waals surface area contributed by atoms with Crippen LogP contribution in [0.25, 0.3) is 10.9 Å². The van der Waals surface area contributed by atoms with Gasteiger partial charge < -0.3 is 4.98 Å². The van der Waals surface area contributed by atoms with Gasteiger partial charge in [0.15, 0.2) is 6.29 Å². The molecule has 0 spiro atoms. The molecule has 0 amide bonds. The van der Waals surface area contributed by atoms with E-state index in [0.29, 0.717) is 0 Å². The molecule has 1 aromatic heterocycles. The SMILES string of the molecule is Cc1cc(C)c2[nH]c(C(C)(C)C)c(C=O)c2c1. The van der Waals surface area contributed by atoms with Crippen LogP contribution in [0.2, 0.25) is 0 Å². The van der Waals surface area contributed by atoms with Crippen molar-refractivity contribution < 1.29 is 4.79 Å². The van der Waals surface area contributed by atoms with Gasteiger partial charge in [-0.1, -0.05) is 32.4 Å². The molecule has 2 rings (SSSR count). The zero-order valence-corrected chi connectivity index (χ0v) is 11.1. The average molecular weight is 229 g/mol. The first-order valence-electron chi connectivity index (χ1n) is 5.93. The molecule has 0 aliphatic rings. The fourth-order valence-corrected chi connectivity index (χ4v) is 2.39. The maximum absolute atomic E-state index is 11.4. The molecule has 2 nitrogen and oxygen atoms in total. The zero-order chi connectivity index (χ0) is 12.8. The van der Waals surface area contributed by atoms with Crippen LogP contribution >= 0.6 is 0 Å². The number of H-pyrrole nitrogens is 1. The van der Waals surface area contributed by atoms with E-state index in [1.165, 1.54) is 11.1 Å². The third kappa shape index (κ3) is 1.88. The Morgan fingerprint density at radius 2 is 1.82 bits per heavy atom. The fraction of sp³-hybridized carbons (Fsp3) is 0.400. The second kappa shape index (κ2) is 3.73. The Labute approximate surface area is 102 Å². The molecule has 90 valence electrons. The summed E-state index contributed by atoms with van der Waals surface area (Å²) in [5.41, 5.74) is 5.25. The van der Waals surface area contributed by atoms with E-state index in [9.17, 15) is 4.79 Å². The van der Waals surface area contributed by atoms with Crippen molar-refractivity contribution in [2.75, 3.05) is 0 Å². The number of rotatable bonds is 1. The first kappa shape index (κ1) is 11.9. The van der Waals surface area contributed by atoms with E-state index in [1.807, 2.05) is 0 Å². The minimum atomic E-state index is -0.0460. The number of aromatic nitrogens is 1. The molecule has 1 heterocycles. The Morgan fingerprint density at radius 1 is 1.18 bits per heavy atom. The van der Waals surface area contributed by atoms with Crippen molar-refractivity contribution in [3.05, 3.63) is 34.5 Å². The third-order valence-electron chi connectivity index (χ3n) is 3.16. The zero-order valence-electron chi connectivity index (χ0n) is 11.1. The maximum atomic E-state index is 11.4. The molecule has 2 aromatic rings. The first-order valence-corrected chi connectivity index (χ1v) is 5.93. The molecule has 0 aliphatic heterocycles. The third-order valence-corrected chi connectivity index (χ3v) is 3.16. The quantitative estimate of drug-likeness (QED) is 0.739. The molecule has 0 unspecified atom stereocenters. The van der Waals surface area contributed by atoms with Gasteiger partial charge in [-0.05, 0) is 25.5 Å². The van der Waals surface area contributed by atoms with Gasteiger partial charge in [0.05, 0.1) is 0 Å². The van der Waals surface area contributed by atoms with Gasteiger partial charge in [-0.3, -0.25) is 4.79 Å². The van der Waals surface area contributed by atoms with Crippen molar-refractivity contribution >= 4 is 17.2 Å². The summed E-state index contributed by atoms with van der Waals surface area (Å²) in [5, 5.41) is 1.04. The lowest BCUT2D eigenvalue weighted by atomic mass is 9.89. The number of nitrogens with one attached hydrogen (secondary N) is 1. The van der Waals surface area contributed by atoms with Gasteiger partial charge >= 0.3 is 0 Å². The van der Waals surface area contributed by atoms with Gasteiger partial charge in [0.25, 0.3) is 0 Å². The van der Waals surface area contributed by atoms with E-state index in [-0.39, 0.29) is 5.41 Å². The molecule has 17 heavy (non-hydrogen) atoms. The van der Waals surface area contributed by atoms with Crippen LogP contribution in [0.15, 0.2) is 12.1 Å². The highest BCUT2D eigenvalue weighted by atomic mass is 16.1. The van der Waals surface area contributed by atoms with E-state index in [1.54, 1.807) is 0 Å². The number of aldehydes is 1. The molecule has 1 N–H and O–H groups in total. The van der Waals surface area contributed by atoms with Crippen LogP contribution in [0.5, 0.6) is 0 Å². The molecule has 1 aromatic carbocycles. The average Bonchev–Trinajstić information content (AvgIpc) is 2.55. The summed E-state index contributed by atoms with van der Waals surface area (Å²) in [5.74, 6) is 0. The van der Waals surface area contributed by atoms with E-state index in [2.05, 4.69) is 51.7 Å². The molecule has 0 bridgehead atoms. The number of hydrogen-bond acceptors (Lipinski definition) is 1. The Morgan fingerprint density at radius 3 is 2.35 bits per heavy atom. The topological polar surface area (TPSA) is 32.9 Å². The van der Waals surface area contributed by atoms with Crippen molar-refractivity contribution in [1.29, 1.82) is 0 Å². The largest absolute Gasteiger partial charge is 0.357 e. The molecule has 0 aliphatic carbocycles. The van der Waals surface area contributed by atoms with E-state index in [4.69, 9.17) is 0 Å². The molecular formula is C15H19NO. The van der Waals surface area contributed by atoms with Gasteiger partial charge in [0.2, 0.25) is 0 Å². The van der Waals surface area contributed by atoms with Gasteiger partial charge in [0, 0.05) is 27.6 Å². The van der Waals surface area contributed by atoms with Crippen molar-refractivity contribution in [2.24, 2.45) is 0 Å². The molecule has 0 fully saturated rings. The van der Waals surface area contributed by atoms with Crippen LogP contribution in [0, 0.1) is 13.8 Å². The van der Waals surface area contributed by atoms with E-state index >= 15 is 0 Å². The number of hydrogen-bond donors (Lipinski definition) is 1. The highest BCUT2D eigenvalue weighted by Crippen LogP contribution is 2.32. The van der Waals surface area contributed by atoms with Crippen molar-refractivity contribution in [1.82, 2.24) is 4.98 Å². The fourth-order valence-electron chi connectivity index (χ4n) is 2.39. The van der Waals surface area contributed by atoms with Gasteiger partial charge in [-0.15, -0.1) is 0 Å². The highest BCUT2D eigenvalue weighted by Gasteiger charge is 2.22. The van der Waals surface area contributed by atoms with Crippen LogP contribution < -0.4 is 0 Å². The van der Waals surface area contributed by atoms with Gasteiger partial charge in [-0.25, -0.2) is 0 Å². The first-order chi connectivity index (χ1) is 7.84. The second-order valence-corrected chi connectivity index (χ2v) is 5.79. The molecule has 2 heteroatoms. The standard InChI is InChI=1S/C15H19NO/c1-9-6-10(2)13-11(7-9)12(8-17)14(16-13)15(3,4)5/h6-8,16H,1-5H3. The molecule has 0 atom stereocenters. The highest BCUT2D eigenvalue weighted by molar-refractivity contribution is 6.00. The monoisotopic (exact) mass is 229 g/mol. The van der Waals surface area contributed by atoms with E-state index in [0.717, 1.165) is 28.4 Å². The lowest BCUT2D eigenvalue weighted by molar-refractivity contribution is 0.112. The van der Waals surface area contributed by atoms with Crippen molar-refractivity contribution in [3.8, 4) is 0 Å². The lowest BCUT2D eigenvalue weighted by Gasteiger charge is -2.17. The predicted molar refractivity (Wildman–Crippen MR) is 71.9 cm³/mol. The number of carbonyl (C=O) groups is 1. The summed E-state index contributed by atoms with van der Waals surface area (Å²) in [4.78, 5) is 14.8. The number of aromatic amines is 1. The Bertz CT molecular complexity index is 585. The number of fused-ring (bicyclic) bond motifs is 1. The normalized spacial score (nSPS) is 12.1. The van der Waals surface area contributed by atoms with Crippen LogP contribution in [-0.4, -0.2) is 11.3 Å². The van der Waals surface area contributed by atoms with Crippen LogP contribution in [0.4, 0.5) is 0 Å². The smallest absolute Gasteiger partial charge is 0.152 e. The summed E-state index contributed by atoms with van der Waals surface area (Å²) >= 11 is 0.